The third-order valence-corrected chi connectivity index (χ3v) is 2.42. The number of hydrogen-bond acceptors (Lipinski definition) is 2. The molecule has 1 aromatic heterocycles. The Bertz CT molecular complexity index is 448. The zero-order chi connectivity index (χ0) is 11.4. The first-order valence-corrected chi connectivity index (χ1v) is 5.29. The zero-order valence-corrected chi connectivity index (χ0v) is 9.15. The van der Waals surface area contributed by atoms with E-state index >= 15 is 0 Å². The van der Waals surface area contributed by atoms with Crippen molar-refractivity contribution in [3.05, 3.63) is 48.0 Å². The van der Waals surface area contributed by atoms with Crippen LogP contribution in [-0.4, -0.2) is 9.78 Å². The molecule has 0 spiro atoms. The Morgan fingerprint density at radius 2 is 2.00 bits per heavy atom. The van der Waals surface area contributed by atoms with Crippen molar-refractivity contribution in [1.29, 1.82) is 0 Å². The number of rotatable bonds is 4. The van der Waals surface area contributed by atoms with Gasteiger partial charge in [-0.05, 0) is 37.3 Å². The van der Waals surface area contributed by atoms with Gasteiger partial charge in [0.2, 0.25) is 0 Å². The second-order valence-corrected chi connectivity index (χ2v) is 3.50. The fraction of sp³-hybridized carbons (Fsp3) is 0.250. The van der Waals surface area contributed by atoms with Crippen LogP contribution in [0.4, 0.5) is 10.1 Å². The number of aryl methyl sites for hydroxylation is 1. The van der Waals surface area contributed by atoms with Crippen molar-refractivity contribution in [2.75, 3.05) is 5.32 Å². The molecule has 0 radical (unpaired) electrons. The summed E-state index contributed by atoms with van der Waals surface area (Å²) in [4.78, 5) is 0. The van der Waals surface area contributed by atoms with Crippen molar-refractivity contribution in [1.82, 2.24) is 9.78 Å². The highest BCUT2D eigenvalue weighted by Crippen LogP contribution is 2.10. The van der Waals surface area contributed by atoms with Gasteiger partial charge >= 0.3 is 0 Å². The molecule has 0 atom stereocenters. The molecule has 1 aromatic carbocycles. The molecule has 84 valence electrons. The van der Waals surface area contributed by atoms with Gasteiger partial charge in [0, 0.05) is 18.4 Å². The maximum absolute atomic E-state index is 12.7. The van der Waals surface area contributed by atoms with Gasteiger partial charge in [0.25, 0.3) is 0 Å². The number of aromatic nitrogens is 2. The summed E-state index contributed by atoms with van der Waals surface area (Å²) in [6, 6.07) is 8.31. The van der Waals surface area contributed by atoms with Gasteiger partial charge in [0.05, 0.1) is 12.2 Å². The number of halogens is 1. The van der Waals surface area contributed by atoms with E-state index in [4.69, 9.17) is 0 Å². The molecule has 0 unspecified atom stereocenters. The van der Waals surface area contributed by atoms with Gasteiger partial charge in [-0.25, -0.2) is 4.39 Å². The molecule has 0 aliphatic heterocycles. The van der Waals surface area contributed by atoms with E-state index in [-0.39, 0.29) is 5.82 Å². The van der Waals surface area contributed by atoms with Gasteiger partial charge in [0.1, 0.15) is 5.82 Å². The fourth-order valence-electron chi connectivity index (χ4n) is 1.56. The standard InChI is InChI=1S/C12H14FN3/c1-2-16-12(7-8-15-16)9-14-11-5-3-10(13)4-6-11/h3-8,14H,2,9H2,1H3. The average molecular weight is 219 g/mol. The van der Waals surface area contributed by atoms with Crippen molar-refractivity contribution < 1.29 is 4.39 Å². The van der Waals surface area contributed by atoms with E-state index in [0.717, 1.165) is 17.9 Å². The van der Waals surface area contributed by atoms with Crippen molar-refractivity contribution in [3.63, 3.8) is 0 Å². The number of nitrogens with zero attached hydrogens (tertiary/aromatic N) is 2. The van der Waals surface area contributed by atoms with E-state index in [9.17, 15) is 4.39 Å². The summed E-state index contributed by atoms with van der Waals surface area (Å²) in [6.45, 7) is 3.60. The molecule has 1 heterocycles. The first kappa shape index (κ1) is 10.7. The van der Waals surface area contributed by atoms with Crippen LogP contribution in [0.3, 0.4) is 0 Å². The summed E-state index contributed by atoms with van der Waals surface area (Å²) in [6.07, 6.45) is 1.78. The average Bonchev–Trinajstić information content (AvgIpc) is 2.76. The Morgan fingerprint density at radius 3 is 2.69 bits per heavy atom. The van der Waals surface area contributed by atoms with Crippen LogP contribution in [0.15, 0.2) is 36.5 Å². The quantitative estimate of drug-likeness (QED) is 0.856. The molecule has 0 fully saturated rings. The monoisotopic (exact) mass is 219 g/mol. The molecule has 16 heavy (non-hydrogen) atoms. The highest BCUT2D eigenvalue weighted by atomic mass is 19.1. The minimum absolute atomic E-state index is 0.218. The van der Waals surface area contributed by atoms with Crippen LogP contribution in [0.25, 0.3) is 0 Å². The van der Waals surface area contributed by atoms with E-state index in [1.807, 2.05) is 17.7 Å². The predicted octanol–water partition coefficient (Wildman–Crippen LogP) is 2.65. The molecular formula is C12H14FN3. The maximum atomic E-state index is 12.7. The molecule has 4 heteroatoms. The fourth-order valence-corrected chi connectivity index (χ4v) is 1.56. The highest BCUT2D eigenvalue weighted by molar-refractivity contribution is 5.43. The molecule has 1 N–H and O–H groups in total. The summed E-state index contributed by atoms with van der Waals surface area (Å²) in [5.41, 5.74) is 2.03. The number of hydrogen-bond donors (Lipinski definition) is 1. The second-order valence-electron chi connectivity index (χ2n) is 3.50. The Kier molecular flexibility index (Phi) is 3.19. The van der Waals surface area contributed by atoms with Crippen LogP contribution in [0, 0.1) is 5.82 Å². The number of anilines is 1. The lowest BCUT2D eigenvalue weighted by atomic mass is 10.3. The van der Waals surface area contributed by atoms with E-state index in [2.05, 4.69) is 10.4 Å². The van der Waals surface area contributed by atoms with Crippen LogP contribution in [0.2, 0.25) is 0 Å². The molecule has 0 saturated carbocycles. The molecule has 0 saturated heterocycles. The molecular weight excluding hydrogens is 205 g/mol. The summed E-state index contributed by atoms with van der Waals surface area (Å²) in [5.74, 6) is -0.218. The Hall–Kier alpha value is -1.84. The van der Waals surface area contributed by atoms with Gasteiger partial charge in [-0.15, -0.1) is 0 Å². The maximum Gasteiger partial charge on any atom is 0.123 e. The second kappa shape index (κ2) is 4.79. The smallest absolute Gasteiger partial charge is 0.123 e. The molecule has 2 rings (SSSR count). The van der Waals surface area contributed by atoms with Gasteiger partial charge in [-0.2, -0.15) is 5.10 Å². The lowest BCUT2D eigenvalue weighted by molar-refractivity contribution is 0.625. The van der Waals surface area contributed by atoms with Crippen molar-refractivity contribution >= 4 is 5.69 Å². The SMILES string of the molecule is CCn1nccc1CNc1ccc(F)cc1. The molecule has 0 bridgehead atoms. The summed E-state index contributed by atoms with van der Waals surface area (Å²) in [7, 11) is 0. The lowest BCUT2D eigenvalue weighted by Crippen LogP contribution is -2.07. The first-order chi connectivity index (χ1) is 7.79. The summed E-state index contributed by atoms with van der Waals surface area (Å²) in [5, 5.41) is 7.40. The van der Waals surface area contributed by atoms with E-state index < -0.39 is 0 Å². The molecule has 3 nitrogen and oxygen atoms in total. The zero-order valence-electron chi connectivity index (χ0n) is 9.15. The van der Waals surface area contributed by atoms with Crippen LogP contribution in [0.5, 0.6) is 0 Å². The highest BCUT2D eigenvalue weighted by Gasteiger charge is 2.00. The number of nitrogens with one attached hydrogen (secondary N) is 1. The van der Waals surface area contributed by atoms with Crippen molar-refractivity contribution in [2.45, 2.75) is 20.0 Å². The van der Waals surface area contributed by atoms with E-state index in [1.165, 1.54) is 12.1 Å². The van der Waals surface area contributed by atoms with Crippen LogP contribution < -0.4 is 5.32 Å². The first-order valence-electron chi connectivity index (χ1n) is 5.29. The molecule has 0 aliphatic carbocycles. The van der Waals surface area contributed by atoms with Crippen LogP contribution >= 0.6 is 0 Å². The minimum atomic E-state index is -0.218. The van der Waals surface area contributed by atoms with E-state index in [0.29, 0.717) is 6.54 Å². The Labute approximate surface area is 93.9 Å². The van der Waals surface area contributed by atoms with E-state index in [1.54, 1.807) is 18.3 Å². The van der Waals surface area contributed by atoms with Gasteiger partial charge in [-0.1, -0.05) is 0 Å². The predicted molar refractivity (Wildman–Crippen MR) is 61.6 cm³/mol. The summed E-state index contributed by atoms with van der Waals surface area (Å²) >= 11 is 0. The number of benzene rings is 1. The van der Waals surface area contributed by atoms with Gasteiger partial charge in [-0.3, -0.25) is 4.68 Å². The molecule has 0 amide bonds. The lowest BCUT2D eigenvalue weighted by Gasteiger charge is -2.07. The third kappa shape index (κ3) is 2.39. The minimum Gasteiger partial charge on any atom is -0.379 e. The summed E-state index contributed by atoms with van der Waals surface area (Å²) < 4.78 is 14.6. The topological polar surface area (TPSA) is 29.9 Å². The van der Waals surface area contributed by atoms with Crippen molar-refractivity contribution in [3.8, 4) is 0 Å². The van der Waals surface area contributed by atoms with Crippen molar-refractivity contribution in [2.24, 2.45) is 0 Å². The molecule has 0 aliphatic rings. The third-order valence-electron chi connectivity index (χ3n) is 2.42. The Balaban J connectivity index is 1.99. The van der Waals surface area contributed by atoms with Gasteiger partial charge in [0.15, 0.2) is 0 Å². The van der Waals surface area contributed by atoms with Crippen LogP contribution in [-0.2, 0) is 13.1 Å². The molecule has 2 aromatic rings. The van der Waals surface area contributed by atoms with Gasteiger partial charge < -0.3 is 5.32 Å². The largest absolute Gasteiger partial charge is 0.379 e. The Morgan fingerprint density at radius 1 is 1.25 bits per heavy atom. The van der Waals surface area contributed by atoms with Crippen LogP contribution in [0.1, 0.15) is 12.6 Å². The normalized spacial score (nSPS) is 10.4.